The van der Waals surface area contributed by atoms with Crippen LogP contribution in [0.2, 0.25) is 0 Å². The van der Waals surface area contributed by atoms with Crippen molar-refractivity contribution in [3.05, 3.63) is 95.3 Å². The molecular weight excluding hydrogens is 605 g/mol. The smallest absolute Gasteiger partial charge is 0.483 e. The third-order valence-electron chi connectivity index (χ3n) is 5.08. The van der Waals surface area contributed by atoms with E-state index in [4.69, 9.17) is 25.2 Å². The standard InChI is InChI=1S/C23H26N4O.C5H7F3O.C2H6.CH2O2.2CH2O/c1-3-14-25-23(28)20-10-6-18(7-11-20)16-27-22(15-21(26-27)12-13-24)19-8-4-17(2)5-9-19;1-2-3-4-9-5(6,7)8;1-2;2-1-3;2*1-2/h4-13,15H,3,14,16,24H2,1-2H3,(H,25,28);2-3H,4H2,1H3;1-2H3;1H,(H,2,3);2*1H2/b13-12+;3-2-;;;;. The quantitative estimate of drug-likeness (QED) is 0.177. The minimum absolute atomic E-state index is 0.0387. The minimum atomic E-state index is -4.50. The molecule has 0 spiro atoms. The second-order valence-electron chi connectivity index (χ2n) is 8.22. The molecular formula is C33H45F3N4O6. The zero-order valence-electron chi connectivity index (χ0n) is 26.9. The zero-order chi connectivity index (χ0) is 36.0. The number of carbonyl (C=O) groups is 4. The number of halogens is 3. The number of carbonyl (C=O) groups excluding carboxylic acids is 3. The maximum absolute atomic E-state index is 12.1. The Morgan fingerprint density at radius 3 is 2.07 bits per heavy atom. The van der Waals surface area contributed by atoms with E-state index in [1.807, 2.05) is 69.4 Å². The van der Waals surface area contributed by atoms with Crippen LogP contribution < -0.4 is 11.1 Å². The number of nitrogens with zero attached hydrogens (tertiary/aromatic N) is 2. The van der Waals surface area contributed by atoms with Crippen LogP contribution in [0.15, 0.2) is 72.9 Å². The van der Waals surface area contributed by atoms with Crippen molar-refractivity contribution in [3.63, 3.8) is 0 Å². The molecule has 3 rings (SSSR count). The van der Waals surface area contributed by atoms with E-state index in [1.54, 1.807) is 13.0 Å². The highest BCUT2D eigenvalue weighted by Crippen LogP contribution is 2.23. The first-order valence-corrected chi connectivity index (χ1v) is 14.0. The first kappa shape index (κ1) is 45.4. The Morgan fingerprint density at radius 1 is 1.07 bits per heavy atom. The average Bonchev–Trinajstić information content (AvgIpc) is 3.45. The summed E-state index contributed by atoms with van der Waals surface area (Å²) >= 11 is 0. The number of benzene rings is 2. The number of amides is 1. The Balaban J connectivity index is -0.000000859. The fraction of sp³-hybridized carbons (Fsp3) is 0.303. The fourth-order valence-corrected chi connectivity index (χ4v) is 3.21. The number of allylic oxidation sites excluding steroid dienone is 1. The van der Waals surface area contributed by atoms with Crippen LogP contribution in [0.25, 0.3) is 17.3 Å². The van der Waals surface area contributed by atoms with Gasteiger partial charge in [0.15, 0.2) is 0 Å². The predicted octanol–water partition coefficient (Wildman–Crippen LogP) is 6.43. The van der Waals surface area contributed by atoms with Gasteiger partial charge in [-0.15, -0.1) is 13.2 Å². The summed E-state index contributed by atoms with van der Waals surface area (Å²) in [6.07, 6.45) is 2.48. The summed E-state index contributed by atoms with van der Waals surface area (Å²) in [6, 6.07) is 18.1. The number of nitrogens with one attached hydrogen (secondary N) is 1. The molecule has 0 atom stereocenters. The van der Waals surface area contributed by atoms with E-state index in [1.165, 1.54) is 23.9 Å². The molecule has 46 heavy (non-hydrogen) atoms. The summed E-state index contributed by atoms with van der Waals surface area (Å²) in [4.78, 5) is 36.4. The minimum Gasteiger partial charge on any atom is -0.483 e. The summed E-state index contributed by atoms with van der Waals surface area (Å²) in [5.41, 5.74) is 11.4. The lowest BCUT2D eigenvalue weighted by Crippen LogP contribution is -2.23. The van der Waals surface area contributed by atoms with Crippen LogP contribution in [0.1, 0.15) is 61.3 Å². The van der Waals surface area contributed by atoms with Gasteiger partial charge >= 0.3 is 6.36 Å². The second-order valence-corrected chi connectivity index (χ2v) is 8.22. The van der Waals surface area contributed by atoms with Crippen LogP contribution in [0, 0.1) is 6.92 Å². The van der Waals surface area contributed by atoms with E-state index in [9.17, 15) is 18.0 Å². The predicted molar refractivity (Wildman–Crippen MR) is 175 cm³/mol. The second kappa shape index (κ2) is 28.7. The number of hydrogen-bond acceptors (Lipinski definition) is 7. The van der Waals surface area contributed by atoms with Crippen LogP contribution in [-0.2, 0) is 25.7 Å². The van der Waals surface area contributed by atoms with Gasteiger partial charge in [0.1, 0.15) is 13.6 Å². The van der Waals surface area contributed by atoms with Gasteiger partial charge in [0.05, 0.1) is 24.5 Å². The average molecular weight is 651 g/mol. The molecule has 0 saturated heterocycles. The first-order valence-electron chi connectivity index (χ1n) is 14.0. The molecule has 254 valence electrons. The molecule has 10 nitrogen and oxygen atoms in total. The van der Waals surface area contributed by atoms with Gasteiger partial charge in [-0.25, -0.2) is 0 Å². The lowest BCUT2D eigenvalue weighted by atomic mass is 10.1. The van der Waals surface area contributed by atoms with Gasteiger partial charge in [0.2, 0.25) is 0 Å². The van der Waals surface area contributed by atoms with Crippen molar-refractivity contribution in [1.29, 1.82) is 0 Å². The van der Waals surface area contributed by atoms with Gasteiger partial charge in [0, 0.05) is 12.1 Å². The molecule has 1 amide bonds. The SMILES string of the molecule is C/C=C\COC(F)(F)F.C=O.C=O.CC.CCCNC(=O)c1ccc(Cn2nc(/C=C/N)cc2-c2ccc(C)cc2)cc1.O=CO. The molecule has 0 unspecified atom stereocenters. The van der Waals surface area contributed by atoms with Crippen molar-refractivity contribution in [2.24, 2.45) is 5.73 Å². The first-order chi connectivity index (χ1) is 22.1. The molecule has 0 fully saturated rings. The number of hydrogen-bond donors (Lipinski definition) is 3. The maximum Gasteiger partial charge on any atom is 0.522 e. The van der Waals surface area contributed by atoms with E-state index in [0.29, 0.717) is 18.7 Å². The molecule has 0 bridgehead atoms. The van der Waals surface area contributed by atoms with Gasteiger partial charge in [-0.3, -0.25) is 19.0 Å². The zero-order valence-corrected chi connectivity index (χ0v) is 26.9. The fourth-order valence-electron chi connectivity index (χ4n) is 3.21. The molecule has 1 aromatic heterocycles. The van der Waals surface area contributed by atoms with E-state index < -0.39 is 13.0 Å². The van der Waals surface area contributed by atoms with Crippen molar-refractivity contribution < 1.29 is 42.2 Å². The highest BCUT2D eigenvalue weighted by Gasteiger charge is 2.27. The number of rotatable bonds is 9. The molecule has 13 heteroatoms. The molecule has 0 aliphatic rings. The number of carboxylic acid groups (broad SMARTS) is 1. The summed E-state index contributed by atoms with van der Waals surface area (Å²) < 4.78 is 38.7. The van der Waals surface area contributed by atoms with Gasteiger partial charge < -0.3 is 25.7 Å². The van der Waals surface area contributed by atoms with Crippen LogP contribution >= 0.6 is 0 Å². The van der Waals surface area contributed by atoms with Crippen LogP contribution in [-0.4, -0.2) is 60.4 Å². The van der Waals surface area contributed by atoms with Crippen molar-refractivity contribution >= 4 is 32.0 Å². The van der Waals surface area contributed by atoms with Crippen LogP contribution in [0.5, 0.6) is 0 Å². The Kier molecular flexibility index (Phi) is 28.3. The van der Waals surface area contributed by atoms with Crippen molar-refractivity contribution in [2.45, 2.75) is 53.9 Å². The third-order valence-corrected chi connectivity index (χ3v) is 5.08. The lowest BCUT2D eigenvalue weighted by molar-refractivity contribution is -0.319. The molecule has 0 aliphatic heterocycles. The van der Waals surface area contributed by atoms with Gasteiger partial charge in [-0.05, 0) is 61.9 Å². The summed E-state index contributed by atoms with van der Waals surface area (Å²) in [7, 11) is 0. The highest BCUT2D eigenvalue weighted by atomic mass is 19.4. The topological polar surface area (TPSA) is 154 Å². The summed E-state index contributed by atoms with van der Waals surface area (Å²) in [5, 5.41) is 14.4. The highest BCUT2D eigenvalue weighted by molar-refractivity contribution is 5.94. The number of aromatic nitrogens is 2. The summed E-state index contributed by atoms with van der Waals surface area (Å²) in [6.45, 7) is 14.4. The molecule has 2 aromatic carbocycles. The Hall–Kier alpha value is -5.04. The molecule has 0 saturated carbocycles. The number of ether oxygens (including phenoxy) is 1. The number of alkyl halides is 3. The molecule has 1 heterocycles. The van der Waals surface area contributed by atoms with Crippen molar-refractivity contribution in [2.75, 3.05) is 13.2 Å². The molecule has 3 aromatic rings. The monoisotopic (exact) mass is 650 g/mol. The third kappa shape index (κ3) is 20.8. The van der Waals surface area contributed by atoms with Crippen molar-refractivity contribution in [3.8, 4) is 11.3 Å². The molecule has 0 aliphatic carbocycles. The maximum atomic E-state index is 12.1. The van der Waals surface area contributed by atoms with Crippen LogP contribution in [0.4, 0.5) is 13.2 Å². The van der Waals surface area contributed by atoms with Gasteiger partial charge in [-0.2, -0.15) is 5.10 Å². The Morgan fingerprint density at radius 2 is 1.61 bits per heavy atom. The van der Waals surface area contributed by atoms with E-state index in [2.05, 4.69) is 46.3 Å². The number of aryl methyl sites for hydroxylation is 1. The van der Waals surface area contributed by atoms with Gasteiger partial charge in [-0.1, -0.05) is 74.9 Å². The Labute approximate surface area is 268 Å². The van der Waals surface area contributed by atoms with E-state index >= 15 is 0 Å². The van der Waals surface area contributed by atoms with E-state index in [0.717, 1.165) is 28.9 Å². The lowest BCUT2D eigenvalue weighted by Gasteiger charge is -2.09. The number of nitrogens with two attached hydrogens (primary N) is 1. The van der Waals surface area contributed by atoms with E-state index in [-0.39, 0.29) is 12.4 Å². The van der Waals surface area contributed by atoms with Crippen LogP contribution in [0.3, 0.4) is 0 Å². The van der Waals surface area contributed by atoms with Crippen molar-refractivity contribution in [1.82, 2.24) is 15.1 Å². The summed E-state index contributed by atoms with van der Waals surface area (Å²) in [5.74, 6) is -0.0387. The molecule has 0 radical (unpaired) electrons. The normalized spacial score (nSPS) is 9.83. The van der Waals surface area contributed by atoms with Gasteiger partial charge in [0.25, 0.3) is 12.4 Å². The largest absolute Gasteiger partial charge is 0.522 e. The molecule has 4 N–H and O–H groups in total. The Bertz CT molecular complexity index is 1260.